The summed E-state index contributed by atoms with van der Waals surface area (Å²) in [6.07, 6.45) is 5.43. The Kier molecular flexibility index (Phi) is 10.8. The largest absolute Gasteiger partial charge is 0.496 e. The number of ether oxygens (including phenoxy) is 2. The van der Waals surface area contributed by atoms with E-state index in [1.807, 2.05) is 42.5 Å². The summed E-state index contributed by atoms with van der Waals surface area (Å²) in [6, 6.07) is 13.7. The van der Waals surface area contributed by atoms with Gasteiger partial charge in [-0.05, 0) is 42.5 Å². The summed E-state index contributed by atoms with van der Waals surface area (Å²) in [5.41, 5.74) is 7.70. The highest BCUT2D eigenvalue weighted by Crippen LogP contribution is 2.37. The number of nitrogens with two attached hydrogens (primary N) is 1. The lowest BCUT2D eigenvalue weighted by Crippen LogP contribution is -2.48. The van der Waals surface area contributed by atoms with E-state index in [2.05, 4.69) is 11.4 Å². The minimum absolute atomic E-state index is 0.302. The zero-order valence-corrected chi connectivity index (χ0v) is 20.3. The van der Waals surface area contributed by atoms with Gasteiger partial charge in [-0.1, -0.05) is 50.5 Å². The van der Waals surface area contributed by atoms with Crippen LogP contribution in [0.2, 0.25) is 0 Å². The van der Waals surface area contributed by atoms with E-state index in [-0.39, 0.29) is 0 Å². The summed E-state index contributed by atoms with van der Waals surface area (Å²) in [4.78, 5) is 17.7. The maximum Gasteiger partial charge on any atom is 0.469 e. The van der Waals surface area contributed by atoms with E-state index in [1.54, 1.807) is 7.11 Å². The van der Waals surface area contributed by atoms with E-state index in [0.29, 0.717) is 19.4 Å². The second kappa shape index (κ2) is 13.1. The van der Waals surface area contributed by atoms with Gasteiger partial charge >= 0.3 is 7.82 Å². The molecule has 0 aliphatic carbocycles. The van der Waals surface area contributed by atoms with E-state index < -0.39 is 26.6 Å². The second-order valence-corrected chi connectivity index (χ2v) is 9.49. The van der Waals surface area contributed by atoms with Crippen LogP contribution in [0.25, 0.3) is 11.1 Å². The Morgan fingerprint density at radius 2 is 1.79 bits per heavy atom. The Labute approximate surface area is 195 Å². The molecule has 8 nitrogen and oxygen atoms in total. The molecular weight excluding hydrogens is 445 g/mol. The molecule has 9 heteroatoms. The molecule has 1 atom stereocenters. The topological polar surface area (TPSA) is 131 Å². The number of hydrogen-bond donors (Lipinski definition) is 4. The number of methoxy groups -OCH3 is 1. The number of benzene rings is 2. The summed E-state index contributed by atoms with van der Waals surface area (Å²) in [5.74, 6) is 1.51. The van der Waals surface area contributed by atoms with Crippen LogP contribution < -0.4 is 15.2 Å². The van der Waals surface area contributed by atoms with Gasteiger partial charge in [0.15, 0.2) is 0 Å². The van der Waals surface area contributed by atoms with Crippen LogP contribution in [0.1, 0.15) is 44.6 Å². The van der Waals surface area contributed by atoms with E-state index in [0.717, 1.165) is 34.6 Å². The fourth-order valence-corrected chi connectivity index (χ4v) is 3.80. The summed E-state index contributed by atoms with van der Waals surface area (Å²) in [6.45, 7) is 1.99. The lowest BCUT2D eigenvalue weighted by Gasteiger charge is -2.27. The van der Waals surface area contributed by atoms with Crippen molar-refractivity contribution in [1.29, 1.82) is 0 Å². The molecule has 0 saturated carbocycles. The number of aliphatic hydroxyl groups excluding tert-OH is 1. The van der Waals surface area contributed by atoms with Crippen LogP contribution in [0.3, 0.4) is 0 Å². The van der Waals surface area contributed by atoms with Crippen LogP contribution >= 0.6 is 7.82 Å². The highest BCUT2D eigenvalue weighted by molar-refractivity contribution is 7.46. The van der Waals surface area contributed by atoms with Gasteiger partial charge in [-0.2, -0.15) is 0 Å². The maximum absolute atomic E-state index is 10.9. The van der Waals surface area contributed by atoms with Gasteiger partial charge in [0.1, 0.15) is 11.5 Å². The van der Waals surface area contributed by atoms with Crippen molar-refractivity contribution < 1.29 is 33.5 Å². The molecule has 0 aliphatic rings. The van der Waals surface area contributed by atoms with Gasteiger partial charge in [0.25, 0.3) is 0 Å². The minimum atomic E-state index is -4.65. The average molecular weight is 482 g/mol. The Morgan fingerprint density at radius 3 is 2.39 bits per heavy atom. The Morgan fingerprint density at radius 1 is 1.06 bits per heavy atom. The molecule has 33 heavy (non-hydrogen) atoms. The molecular formula is C24H36NO7P. The number of unbranched alkanes of at least 4 members (excludes halogenated alkanes) is 3. The SMILES string of the molecule is CCCCCCOc1ccc(-c2ccc(CCC(N)(CO)COP(=O)(O)O)cc2)c(OC)c1. The smallest absolute Gasteiger partial charge is 0.469 e. The van der Waals surface area contributed by atoms with Crippen molar-refractivity contribution in [2.24, 2.45) is 5.73 Å². The Hall–Kier alpha value is -1.93. The third kappa shape index (κ3) is 9.45. The van der Waals surface area contributed by atoms with Crippen LogP contribution in [0.4, 0.5) is 0 Å². The minimum Gasteiger partial charge on any atom is -0.496 e. The van der Waals surface area contributed by atoms with Gasteiger partial charge in [-0.3, -0.25) is 4.52 Å². The lowest BCUT2D eigenvalue weighted by molar-refractivity contribution is 0.102. The number of hydrogen-bond acceptors (Lipinski definition) is 6. The fourth-order valence-electron chi connectivity index (χ4n) is 3.37. The molecule has 0 radical (unpaired) electrons. The molecule has 2 rings (SSSR count). The molecule has 0 spiro atoms. The average Bonchev–Trinajstić information content (AvgIpc) is 2.81. The summed E-state index contributed by atoms with van der Waals surface area (Å²) in [5, 5.41) is 9.54. The number of phosphoric ester groups is 1. The Bertz CT molecular complexity index is 900. The van der Waals surface area contributed by atoms with Crippen molar-refractivity contribution >= 4 is 7.82 Å². The van der Waals surface area contributed by atoms with Crippen LogP contribution in [0.5, 0.6) is 11.5 Å². The van der Waals surface area contributed by atoms with Crippen LogP contribution in [0, 0.1) is 0 Å². The molecule has 5 N–H and O–H groups in total. The van der Waals surface area contributed by atoms with Crippen molar-refractivity contribution in [3.63, 3.8) is 0 Å². The predicted molar refractivity (Wildman–Crippen MR) is 128 cm³/mol. The zero-order valence-electron chi connectivity index (χ0n) is 19.4. The molecule has 0 fully saturated rings. The van der Waals surface area contributed by atoms with E-state index in [1.165, 1.54) is 19.3 Å². The third-order valence-corrected chi connectivity index (χ3v) is 5.92. The highest BCUT2D eigenvalue weighted by atomic mass is 31.2. The lowest BCUT2D eigenvalue weighted by atomic mass is 9.93. The van der Waals surface area contributed by atoms with Crippen molar-refractivity contribution in [1.82, 2.24) is 0 Å². The van der Waals surface area contributed by atoms with Crippen LogP contribution in [-0.4, -0.2) is 47.4 Å². The van der Waals surface area contributed by atoms with Crippen LogP contribution in [0.15, 0.2) is 42.5 Å². The molecule has 1 unspecified atom stereocenters. The molecule has 0 heterocycles. The molecule has 0 bridgehead atoms. The normalized spacial score (nSPS) is 13.5. The van der Waals surface area contributed by atoms with Crippen molar-refractivity contribution in [2.45, 2.75) is 51.0 Å². The summed E-state index contributed by atoms with van der Waals surface area (Å²) < 4.78 is 26.8. The molecule has 2 aromatic rings. The zero-order chi connectivity index (χ0) is 24.3. The molecule has 0 amide bonds. The summed E-state index contributed by atoms with van der Waals surface area (Å²) in [7, 11) is -3.01. The van der Waals surface area contributed by atoms with Crippen molar-refractivity contribution in [3.05, 3.63) is 48.0 Å². The van der Waals surface area contributed by atoms with Gasteiger partial charge < -0.3 is 30.1 Å². The fraction of sp³-hybridized carbons (Fsp3) is 0.500. The van der Waals surface area contributed by atoms with E-state index >= 15 is 0 Å². The molecule has 0 saturated heterocycles. The van der Waals surface area contributed by atoms with Gasteiger partial charge in [0.05, 0.1) is 32.5 Å². The predicted octanol–water partition coefficient (Wildman–Crippen LogP) is 4.05. The standard InChI is InChI=1S/C24H36NO7P/c1-3-4-5-6-15-31-21-11-12-22(23(16-21)30-2)20-9-7-19(8-10-20)13-14-24(25,17-26)18-32-33(27,28)29/h7-12,16,26H,3-6,13-15,17-18,25H2,1-2H3,(H2,27,28,29). The molecule has 184 valence electrons. The van der Waals surface area contributed by atoms with Gasteiger partial charge in [0, 0.05) is 11.6 Å². The first-order valence-corrected chi connectivity index (χ1v) is 12.7. The van der Waals surface area contributed by atoms with E-state index in [9.17, 15) is 9.67 Å². The Balaban J connectivity index is 2.00. The van der Waals surface area contributed by atoms with Gasteiger partial charge in [-0.25, -0.2) is 4.57 Å². The maximum atomic E-state index is 10.9. The van der Waals surface area contributed by atoms with E-state index in [4.69, 9.17) is 25.0 Å². The summed E-state index contributed by atoms with van der Waals surface area (Å²) >= 11 is 0. The quantitative estimate of drug-likeness (QED) is 0.221. The first-order valence-electron chi connectivity index (χ1n) is 11.2. The molecule has 0 aliphatic heterocycles. The van der Waals surface area contributed by atoms with Gasteiger partial charge in [-0.15, -0.1) is 0 Å². The van der Waals surface area contributed by atoms with Gasteiger partial charge in [0.2, 0.25) is 0 Å². The first kappa shape index (κ1) is 27.3. The first-order chi connectivity index (χ1) is 15.7. The second-order valence-electron chi connectivity index (χ2n) is 8.25. The number of aliphatic hydroxyl groups is 1. The van der Waals surface area contributed by atoms with Crippen molar-refractivity contribution in [3.8, 4) is 22.6 Å². The highest BCUT2D eigenvalue weighted by Gasteiger charge is 2.28. The number of aryl methyl sites for hydroxylation is 1. The van der Waals surface area contributed by atoms with Crippen LogP contribution in [-0.2, 0) is 15.5 Å². The number of rotatable bonds is 15. The number of phosphoric acid groups is 1. The molecule has 0 aromatic heterocycles. The monoisotopic (exact) mass is 481 g/mol. The van der Waals surface area contributed by atoms with Crippen molar-refractivity contribution in [2.75, 3.05) is 26.9 Å². The third-order valence-electron chi connectivity index (χ3n) is 5.45. The molecule has 2 aromatic carbocycles.